The number of hydrogen-bond acceptors (Lipinski definition) is 6. The molecule has 4 amide bonds. The molecule has 0 aromatic heterocycles. The van der Waals surface area contributed by atoms with E-state index in [0.29, 0.717) is 43.4 Å². The molecule has 0 bridgehead atoms. The Hall–Kier alpha value is -3.48. The Morgan fingerprint density at radius 1 is 1.00 bits per heavy atom. The number of aryl methyl sites for hydroxylation is 1. The molecule has 10 heteroatoms. The summed E-state index contributed by atoms with van der Waals surface area (Å²) in [5.74, 6) is -0.778. The van der Waals surface area contributed by atoms with Gasteiger partial charge >= 0.3 is 6.03 Å². The van der Waals surface area contributed by atoms with E-state index in [1.165, 1.54) is 0 Å². The second-order valence-corrected chi connectivity index (χ2v) is 11.0. The zero-order valence-electron chi connectivity index (χ0n) is 23.3. The summed E-state index contributed by atoms with van der Waals surface area (Å²) in [4.78, 5) is 41.9. The number of nitrogens with one attached hydrogen (secondary N) is 2. The van der Waals surface area contributed by atoms with Gasteiger partial charge in [-0.2, -0.15) is 0 Å². The topological polar surface area (TPSA) is 106 Å². The highest BCUT2D eigenvalue weighted by atomic mass is 127. The molecule has 1 aliphatic heterocycles. The minimum atomic E-state index is -1.07. The van der Waals surface area contributed by atoms with Crippen LogP contribution in [0.25, 0.3) is 0 Å². The van der Waals surface area contributed by atoms with Crippen LogP contribution in [0.2, 0.25) is 0 Å². The van der Waals surface area contributed by atoms with Crippen LogP contribution in [0, 0.1) is 10.5 Å². The lowest BCUT2D eigenvalue weighted by molar-refractivity contribution is -0.134. The Balaban J connectivity index is 1.52. The number of methoxy groups -OCH3 is 1. The smallest absolute Gasteiger partial charge is 0.325 e. The van der Waals surface area contributed by atoms with Gasteiger partial charge in [-0.25, -0.2) is 9.69 Å². The van der Waals surface area contributed by atoms with Crippen molar-refractivity contribution >= 4 is 46.1 Å². The van der Waals surface area contributed by atoms with Gasteiger partial charge in [-0.1, -0.05) is 49.4 Å². The maximum absolute atomic E-state index is 13.8. The largest absolute Gasteiger partial charge is 0.491 e. The maximum atomic E-state index is 13.8. The number of anilines is 1. The molecule has 4 rings (SSSR count). The van der Waals surface area contributed by atoms with Crippen LogP contribution in [-0.4, -0.2) is 62.3 Å². The molecule has 9 nitrogen and oxygen atoms in total. The maximum Gasteiger partial charge on any atom is 0.325 e. The SMILES string of the molecule is COCCOCCOc1ccc([C@H]2NC(=O)N([C@H](C(=O)Nc3ccc(I)cc3C)[C@@H](C)c3ccccc3)C2=O)cc1. The third kappa shape index (κ3) is 7.63. The highest BCUT2D eigenvalue weighted by Gasteiger charge is 2.47. The van der Waals surface area contributed by atoms with Crippen LogP contribution in [0.1, 0.15) is 35.6 Å². The normalized spacial score (nSPS) is 16.3. The predicted octanol–water partition coefficient (Wildman–Crippen LogP) is 5.05. The van der Waals surface area contributed by atoms with Gasteiger partial charge in [-0.05, 0) is 76.5 Å². The first-order valence-electron chi connectivity index (χ1n) is 13.3. The van der Waals surface area contributed by atoms with Gasteiger partial charge in [0.05, 0.1) is 19.8 Å². The summed E-state index contributed by atoms with van der Waals surface area (Å²) in [6.07, 6.45) is 0. The van der Waals surface area contributed by atoms with E-state index < -0.39 is 35.8 Å². The predicted molar refractivity (Wildman–Crippen MR) is 164 cm³/mol. The van der Waals surface area contributed by atoms with Gasteiger partial charge in [0.2, 0.25) is 5.91 Å². The van der Waals surface area contributed by atoms with Crippen molar-refractivity contribution in [3.05, 3.63) is 93.1 Å². The molecule has 3 atom stereocenters. The summed E-state index contributed by atoms with van der Waals surface area (Å²) in [6.45, 7) is 5.54. The number of carbonyl (C=O) groups is 3. The second kappa shape index (κ2) is 14.4. The number of nitrogens with zero attached hydrogens (tertiary/aromatic N) is 1. The number of amides is 4. The minimum absolute atomic E-state index is 0.365. The Morgan fingerprint density at radius 3 is 2.39 bits per heavy atom. The number of benzene rings is 3. The Kier molecular flexibility index (Phi) is 10.7. The van der Waals surface area contributed by atoms with Gasteiger partial charge in [-0.15, -0.1) is 0 Å². The highest BCUT2D eigenvalue weighted by Crippen LogP contribution is 2.32. The number of imide groups is 1. The van der Waals surface area contributed by atoms with Crippen molar-refractivity contribution in [1.29, 1.82) is 0 Å². The van der Waals surface area contributed by atoms with E-state index in [1.54, 1.807) is 31.4 Å². The average molecular weight is 672 g/mol. The first-order valence-corrected chi connectivity index (χ1v) is 14.4. The van der Waals surface area contributed by atoms with E-state index in [-0.39, 0.29) is 0 Å². The zero-order valence-corrected chi connectivity index (χ0v) is 25.4. The summed E-state index contributed by atoms with van der Waals surface area (Å²) in [5, 5.41) is 5.72. The molecule has 0 saturated carbocycles. The van der Waals surface area contributed by atoms with Crippen molar-refractivity contribution in [2.45, 2.75) is 31.8 Å². The Bertz CT molecular complexity index is 1350. The van der Waals surface area contributed by atoms with E-state index in [0.717, 1.165) is 19.6 Å². The molecule has 3 aromatic carbocycles. The fourth-order valence-electron chi connectivity index (χ4n) is 4.68. The molecule has 41 heavy (non-hydrogen) atoms. The fraction of sp³-hybridized carbons (Fsp3) is 0.323. The number of hydrogen-bond donors (Lipinski definition) is 2. The van der Waals surface area contributed by atoms with Gasteiger partial charge in [0.25, 0.3) is 5.91 Å². The van der Waals surface area contributed by atoms with Crippen molar-refractivity contribution in [1.82, 2.24) is 10.2 Å². The fourth-order valence-corrected chi connectivity index (χ4v) is 5.33. The molecule has 0 spiro atoms. The van der Waals surface area contributed by atoms with Crippen LogP contribution in [0.3, 0.4) is 0 Å². The third-order valence-electron chi connectivity index (χ3n) is 6.90. The molecule has 1 aliphatic rings. The van der Waals surface area contributed by atoms with Crippen molar-refractivity contribution in [2.24, 2.45) is 0 Å². The lowest BCUT2D eigenvalue weighted by Gasteiger charge is -2.30. The van der Waals surface area contributed by atoms with Crippen LogP contribution in [0.4, 0.5) is 10.5 Å². The Morgan fingerprint density at radius 2 is 1.71 bits per heavy atom. The van der Waals surface area contributed by atoms with Crippen molar-refractivity contribution in [3.63, 3.8) is 0 Å². The molecule has 0 radical (unpaired) electrons. The van der Waals surface area contributed by atoms with Gasteiger partial charge < -0.3 is 24.8 Å². The Labute approximate surface area is 253 Å². The quantitative estimate of drug-likeness (QED) is 0.150. The molecular weight excluding hydrogens is 637 g/mol. The molecule has 2 N–H and O–H groups in total. The average Bonchev–Trinajstić information content (AvgIpc) is 3.26. The summed E-state index contributed by atoms with van der Waals surface area (Å²) >= 11 is 2.21. The number of urea groups is 1. The lowest BCUT2D eigenvalue weighted by Crippen LogP contribution is -2.50. The van der Waals surface area contributed by atoms with Gasteiger partial charge in [0.15, 0.2) is 0 Å². The van der Waals surface area contributed by atoms with Crippen LogP contribution in [0.15, 0.2) is 72.8 Å². The molecule has 1 saturated heterocycles. The van der Waals surface area contributed by atoms with Gasteiger partial charge in [0, 0.05) is 22.3 Å². The number of halogens is 1. The molecule has 216 valence electrons. The highest BCUT2D eigenvalue weighted by molar-refractivity contribution is 14.1. The van der Waals surface area contributed by atoms with Crippen LogP contribution < -0.4 is 15.4 Å². The van der Waals surface area contributed by atoms with Crippen molar-refractivity contribution in [3.8, 4) is 5.75 Å². The van der Waals surface area contributed by atoms with Crippen LogP contribution >= 0.6 is 22.6 Å². The molecule has 0 aliphatic carbocycles. The van der Waals surface area contributed by atoms with Gasteiger partial charge in [0.1, 0.15) is 24.4 Å². The van der Waals surface area contributed by atoms with Crippen LogP contribution in [0.5, 0.6) is 5.75 Å². The molecule has 1 heterocycles. The summed E-state index contributed by atoms with van der Waals surface area (Å²) in [7, 11) is 1.61. The monoisotopic (exact) mass is 671 g/mol. The molecule has 1 fully saturated rings. The minimum Gasteiger partial charge on any atom is -0.491 e. The first kappa shape index (κ1) is 30.5. The van der Waals surface area contributed by atoms with E-state index in [1.807, 2.05) is 62.4 Å². The van der Waals surface area contributed by atoms with Crippen molar-refractivity contribution in [2.75, 3.05) is 38.9 Å². The number of carbonyl (C=O) groups excluding carboxylic acids is 3. The van der Waals surface area contributed by atoms with E-state index >= 15 is 0 Å². The second-order valence-electron chi connectivity index (χ2n) is 9.71. The summed E-state index contributed by atoms with van der Waals surface area (Å²) in [5.41, 5.74) is 2.94. The molecule has 3 aromatic rings. The zero-order chi connectivity index (χ0) is 29.4. The van der Waals surface area contributed by atoms with E-state index in [9.17, 15) is 14.4 Å². The standard InChI is InChI=1S/C31H34IN3O6/c1-20-19-24(32)11-14-26(20)33-29(36)28(21(2)22-7-5-4-6-8-22)35-30(37)27(34-31(35)38)23-9-12-25(13-10-23)41-18-17-40-16-15-39-3/h4-14,19,21,27-28H,15-18H2,1-3H3,(H,33,36)(H,34,38)/t21-,27+,28-/m0/s1. The molecular formula is C31H34IN3O6. The summed E-state index contributed by atoms with van der Waals surface area (Å²) < 4.78 is 17.1. The number of ether oxygens (including phenoxy) is 3. The summed E-state index contributed by atoms with van der Waals surface area (Å²) in [6, 6.07) is 19.4. The van der Waals surface area contributed by atoms with Gasteiger partial charge in [-0.3, -0.25) is 9.59 Å². The van der Waals surface area contributed by atoms with E-state index in [2.05, 4.69) is 33.2 Å². The first-order chi connectivity index (χ1) is 19.8. The molecule has 0 unspecified atom stereocenters. The van der Waals surface area contributed by atoms with Crippen molar-refractivity contribution < 1.29 is 28.6 Å². The third-order valence-corrected chi connectivity index (χ3v) is 7.58. The number of rotatable bonds is 13. The lowest BCUT2D eigenvalue weighted by atomic mass is 9.91. The van der Waals surface area contributed by atoms with Crippen LogP contribution in [-0.2, 0) is 19.1 Å². The van der Waals surface area contributed by atoms with E-state index in [4.69, 9.17) is 14.2 Å².